The number of hydrogen-bond acceptors (Lipinski definition) is 4. The van der Waals surface area contributed by atoms with E-state index in [-0.39, 0.29) is 24.3 Å². The number of sulfone groups is 1. The normalized spacial score (nSPS) is 20.6. The Kier molecular flexibility index (Phi) is 7.89. The molecular formula is C25H33NO4S. The van der Waals surface area contributed by atoms with E-state index in [1.807, 2.05) is 50.2 Å². The second kappa shape index (κ2) is 10.4. The largest absolute Gasteiger partial charge is 0.396 e. The molecular weight excluding hydrogens is 410 g/mol. The van der Waals surface area contributed by atoms with Crippen molar-refractivity contribution in [2.24, 2.45) is 11.8 Å². The number of carbonyl (C=O) groups excluding carboxylic acids is 1. The molecule has 0 radical (unpaired) electrons. The number of aryl methyl sites for hydroxylation is 1. The van der Waals surface area contributed by atoms with E-state index in [2.05, 4.69) is 5.32 Å². The maximum atomic E-state index is 13.1. The monoisotopic (exact) mass is 443 g/mol. The van der Waals surface area contributed by atoms with Gasteiger partial charge in [-0.2, -0.15) is 0 Å². The number of hydrogen-bond donors (Lipinski definition) is 2. The van der Waals surface area contributed by atoms with Crippen LogP contribution in [0.1, 0.15) is 50.2 Å². The van der Waals surface area contributed by atoms with Crippen LogP contribution < -0.4 is 5.32 Å². The number of amides is 1. The number of carbonyl (C=O) groups is 1. The molecule has 31 heavy (non-hydrogen) atoms. The number of aliphatic hydroxyl groups is 1. The van der Waals surface area contributed by atoms with Crippen LogP contribution in [0.2, 0.25) is 0 Å². The molecule has 6 heteroatoms. The predicted octanol–water partition coefficient (Wildman–Crippen LogP) is 4.53. The first-order chi connectivity index (χ1) is 14.8. The topological polar surface area (TPSA) is 83.5 Å². The summed E-state index contributed by atoms with van der Waals surface area (Å²) in [6, 6.07) is 14.6. The zero-order valence-electron chi connectivity index (χ0n) is 18.4. The van der Waals surface area contributed by atoms with Crippen molar-refractivity contribution in [2.45, 2.75) is 62.5 Å². The molecule has 1 saturated carbocycles. The van der Waals surface area contributed by atoms with Gasteiger partial charge in [-0.15, -0.1) is 0 Å². The summed E-state index contributed by atoms with van der Waals surface area (Å²) in [5, 5.41) is 11.5. The van der Waals surface area contributed by atoms with Crippen LogP contribution in [0, 0.1) is 18.8 Å². The lowest BCUT2D eigenvalue weighted by molar-refractivity contribution is -0.120. The molecule has 1 aliphatic rings. The van der Waals surface area contributed by atoms with Crippen molar-refractivity contribution in [3.05, 3.63) is 59.7 Å². The van der Waals surface area contributed by atoms with E-state index in [0.717, 1.165) is 42.5 Å². The average molecular weight is 444 g/mol. The average Bonchev–Trinajstić information content (AvgIpc) is 3.01. The summed E-state index contributed by atoms with van der Waals surface area (Å²) >= 11 is 0. The van der Waals surface area contributed by atoms with Crippen LogP contribution in [-0.2, 0) is 21.1 Å². The summed E-state index contributed by atoms with van der Waals surface area (Å²) in [6.45, 7) is 3.86. The highest BCUT2D eigenvalue weighted by atomic mass is 32.2. The van der Waals surface area contributed by atoms with Crippen LogP contribution in [0.15, 0.2) is 53.4 Å². The van der Waals surface area contributed by atoms with Crippen molar-refractivity contribution in [1.82, 2.24) is 0 Å². The van der Waals surface area contributed by atoms with Crippen LogP contribution in [0.25, 0.3) is 0 Å². The SMILES string of the molecule is Cc1ccc(S(=O)(=O)C(C)C2CCCC(C(=O)Nc3ccc(CCO)cc3)CC2)cc1. The Balaban J connectivity index is 1.60. The fourth-order valence-electron chi connectivity index (χ4n) is 4.39. The van der Waals surface area contributed by atoms with E-state index in [9.17, 15) is 13.2 Å². The molecule has 2 aromatic carbocycles. The zero-order valence-corrected chi connectivity index (χ0v) is 19.2. The molecule has 3 unspecified atom stereocenters. The Labute approximate surface area is 185 Å². The highest BCUT2D eigenvalue weighted by molar-refractivity contribution is 7.92. The van der Waals surface area contributed by atoms with Crippen LogP contribution in [-0.4, -0.2) is 31.3 Å². The highest BCUT2D eigenvalue weighted by Gasteiger charge is 2.33. The molecule has 0 aromatic heterocycles. The molecule has 0 saturated heterocycles. The van der Waals surface area contributed by atoms with Gasteiger partial charge in [0.05, 0.1) is 10.1 Å². The molecule has 5 nitrogen and oxygen atoms in total. The second-order valence-electron chi connectivity index (χ2n) is 8.69. The van der Waals surface area contributed by atoms with Crippen molar-refractivity contribution in [1.29, 1.82) is 0 Å². The summed E-state index contributed by atoms with van der Waals surface area (Å²) in [5.74, 6) is -0.0390. The molecule has 168 valence electrons. The van der Waals surface area contributed by atoms with E-state index >= 15 is 0 Å². The molecule has 2 aromatic rings. The summed E-state index contributed by atoms with van der Waals surface area (Å²) in [7, 11) is -3.39. The van der Waals surface area contributed by atoms with Crippen molar-refractivity contribution < 1.29 is 18.3 Å². The van der Waals surface area contributed by atoms with E-state index in [1.165, 1.54) is 0 Å². The Morgan fingerprint density at radius 3 is 2.35 bits per heavy atom. The molecule has 1 aliphatic carbocycles. The smallest absolute Gasteiger partial charge is 0.227 e. The molecule has 2 N–H and O–H groups in total. The van der Waals surface area contributed by atoms with Crippen molar-refractivity contribution >= 4 is 21.4 Å². The Morgan fingerprint density at radius 2 is 1.71 bits per heavy atom. The predicted molar refractivity (Wildman–Crippen MR) is 124 cm³/mol. The van der Waals surface area contributed by atoms with Crippen molar-refractivity contribution in [3.8, 4) is 0 Å². The quantitative estimate of drug-likeness (QED) is 0.616. The van der Waals surface area contributed by atoms with Gasteiger partial charge in [0.15, 0.2) is 9.84 Å². The van der Waals surface area contributed by atoms with E-state index in [4.69, 9.17) is 5.11 Å². The molecule has 0 spiro atoms. The number of rotatable bonds is 7. The fraction of sp³-hybridized carbons (Fsp3) is 0.480. The third kappa shape index (κ3) is 5.95. The van der Waals surface area contributed by atoms with Crippen LogP contribution in [0.5, 0.6) is 0 Å². The van der Waals surface area contributed by atoms with Crippen LogP contribution in [0.4, 0.5) is 5.69 Å². The summed E-state index contributed by atoms with van der Waals surface area (Å²) < 4.78 is 26.2. The maximum absolute atomic E-state index is 13.1. The van der Waals surface area contributed by atoms with Gasteiger partial charge in [-0.3, -0.25) is 4.79 Å². The van der Waals surface area contributed by atoms with Gasteiger partial charge in [-0.05, 0) is 81.7 Å². The maximum Gasteiger partial charge on any atom is 0.227 e. The second-order valence-corrected chi connectivity index (χ2v) is 11.0. The van der Waals surface area contributed by atoms with E-state index < -0.39 is 15.1 Å². The van der Waals surface area contributed by atoms with Gasteiger partial charge in [0.2, 0.25) is 5.91 Å². The number of benzene rings is 2. The minimum absolute atomic E-state index is 0.00426. The van der Waals surface area contributed by atoms with Gasteiger partial charge >= 0.3 is 0 Å². The first-order valence-corrected chi connectivity index (χ1v) is 12.7. The van der Waals surface area contributed by atoms with Crippen molar-refractivity contribution in [3.63, 3.8) is 0 Å². The van der Waals surface area contributed by atoms with Gasteiger partial charge in [0, 0.05) is 18.2 Å². The van der Waals surface area contributed by atoms with Crippen LogP contribution in [0.3, 0.4) is 0 Å². The summed E-state index contributed by atoms with van der Waals surface area (Å²) in [5.41, 5.74) is 2.82. The van der Waals surface area contributed by atoms with Gasteiger partial charge in [0.25, 0.3) is 0 Å². The number of nitrogens with one attached hydrogen (secondary N) is 1. The third-order valence-electron chi connectivity index (χ3n) is 6.51. The fourth-order valence-corrected chi connectivity index (χ4v) is 6.11. The molecule has 3 atom stereocenters. The molecule has 0 bridgehead atoms. The first kappa shape index (κ1) is 23.5. The first-order valence-electron chi connectivity index (χ1n) is 11.1. The molecule has 1 fully saturated rings. The lowest BCUT2D eigenvalue weighted by Crippen LogP contribution is -2.27. The number of anilines is 1. The third-order valence-corrected chi connectivity index (χ3v) is 8.80. The lowest BCUT2D eigenvalue weighted by atomic mass is 9.95. The molecule has 0 aliphatic heterocycles. The lowest BCUT2D eigenvalue weighted by Gasteiger charge is -2.23. The molecule has 1 amide bonds. The Hall–Kier alpha value is -2.18. The minimum Gasteiger partial charge on any atom is -0.396 e. The van der Waals surface area contributed by atoms with E-state index in [0.29, 0.717) is 17.7 Å². The van der Waals surface area contributed by atoms with Gasteiger partial charge in [-0.1, -0.05) is 36.2 Å². The molecule has 3 rings (SSSR count). The highest BCUT2D eigenvalue weighted by Crippen LogP contribution is 2.34. The molecule has 0 heterocycles. The van der Waals surface area contributed by atoms with Gasteiger partial charge in [-0.25, -0.2) is 8.42 Å². The van der Waals surface area contributed by atoms with Gasteiger partial charge in [0.1, 0.15) is 0 Å². The Bertz CT molecular complexity index is 968. The summed E-state index contributed by atoms with van der Waals surface area (Å²) in [4.78, 5) is 13.2. The van der Waals surface area contributed by atoms with Crippen LogP contribution >= 0.6 is 0 Å². The summed E-state index contributed by atoms with van der Waals surface area (Å²) in [6.07, 6.45) is 4.49. The van der Waals surface area contributed by atoms with E-state index in [1.54, 1.807) is 12.1 Å². The van der Waals surface area contributed by atoms with Gasteiger partial charge < -0.3 is 10.4 Å². The van der Waals surface area contributed by atoms with Crippen molar-refractivity contribution in [2.75, 3.05) is 11.9 Å². The Morgan fingerprint density at radius 1 is 1.03 bits per heavy atom. The zero-order chi connectivity index (χ0) is 22.4. The minimum atomic E-state index is -3.39. The number of aliphatic hydroxyl groups excluding tert-OH is 1. The standard InChI is InChI=1S/C25H33NO4S/c1-18-6-14-24(15-7-18)31(29,30)19(2)21-4-3-5-22(11-10-21)25(28)26-23-12-8-20(9-13-23)16-17-27/h6-9,12-15,19,21-22,27H,3-5,10-11,16-17H2,1-2H3,(H,26,28).